The van der Waals surface area contributed by atoms with Gasteiger partial charge in [0.05, 0.1) is 13.5 Å². The number of ether oxygens (including phenoxy) is 1. The summed E-state index contributed by atoms with van der Waals surface area (Å²) in [7, 11) is 3.08. The van der Waals surface area contributed by atoms with Crippen LogP contribution in [0.5, 0.6) is 11.5 Å². The molecule has 0 aliphatic rings. The summed E-state index contributed by atoms with van der Waals surface area (Å²) in [5.74, 6) is -0.179. The first kappa shape index (κ1) is 15.8. The number of benzene rings is 2. The molecule has 2 aromatic rings. The Morgan fingerprint density at radius 3 is 2.41 bits per heavy atom. The number of phenolic OH excluding ortho intramolecular Hbond substituents is 1. The molecule has 0 spiro atoms. The van der Waals surface area contributed by atoms with E-state index < -0.39 is 5.82 Å². The highest BCUT2D eigenvalue weighted by Crippen LogP contribution is 2.18. The Kier molecular flexibility index (Phi) is 4.99. The van der Waals surface area contributed by atoms with Gasteiger partial charge in [-0.05, 0) is 35.4 Å². The Balaban J connectivity index is 1.99. The largest absolute Gasteiger partial charge is 0.508 e. The molecule has 0 fully saturated rings. The van der Waals surface area contributed by atoms with Crippen molar-refractivity contribution in [2.75, 3.05) is 14.2 Å². The summed E-state index contributed by atoms with van der Waals surface area (Å²) in [6, 6.07) is 11.1. The molecule has 4 nitrogen and oxygen atoms in total. The van der Waals surface area contributed by atoms with Gasteiger partial charge < -0.3 is 14.7 Å². The molecule has 0 unspecified atom stereocenters. The van der Waals surface area contributed by atoms with E-state index in [-0.39, 0.29) is 23.8 Å². The summed E-state index contributed by atoms with van der Waals surface area (Å²) in [6.45, 7) is 0.317. The first-order valence-electron chi connectivity index (χ1n) is 6.84. The molecule has 0 aromatic heterocycles. The highest BCUT2D eigenvalue weighted by Gasteiger charge is 2.12. The molecule has 2 aromatic carbocycles. The lowest BCUT2D eigenvalue weighted by Crippen LogP contribution is -2.27. The number of phenols is 1. The topological polar surface area (TPSA) is 49.8 Å². The van der Waals surface area contributed by atoms with E-state index in [1.165, 1.54) is 18.1 Å². The number of methoxy groups -OCH3 is 1. The molecule has 2 rings (SSSR count). The first-order chi connectivity index (χ1) is 10.5. The fraction of sp³-hybridized carbons (Fsp3) is 0.235. The third kappa shape index (κ3) is 3.97. The molecular weight excluding hydrogens is 285 g/mol. The van der Waals surface area contributed by atoms with Gasteiger partial charge >= 0.3 is 0 Å². The van der Waals surface area contributed by atoms with Crippen molar-refractivity contribution in [2.24, 2.45) is 0 Å². The van der Waals surface area contributed by atoms with Gasteiger partial charge in [0.1, 0.15) is 5.75 Å². The molecule has 0 atom stereocenters. The van der Waals surface area contributed by atoms with Crippen LogP contribution in [0, 0.1) is 5.82 Å². The van der Waals surface area contributed by atoms with Gasteiger partial charge in [-0.25, -0.2) is 4.39 Å². The van der Waals surface area contributed by atoms with Crippen LogP contribution >= 0.6 is 0 Å². The molecular formula is C17H18FNO3. The highest BCUT2D eigenvalue weighted by molar-refractivity contribution is 5.78. The molecule has 22 heavy (non-hydrogen) atoms. The van der Waals surface area contributed by atoms with Crippen molar-refractivity contribution in [3.8, 4) is 11.5 Å². The van der Waals surface area contributed by atoms with Crippen molar-refractivity contribution in [3.63, 3.8) is 0 Å². The molecule has 0 heterocycles. The van der Waals surface area contributed by atoms with E-state index in [4.69, 9.17) is 4.74 Å². The van der Waals surface area contributed by atoms with E-state index in [0.717, 1.165) is 5.56 Å². The van der Waals surface area contributed by atoms with Gasteiger partial charge in [-0.1, -0.05) is 18.2 Å². The lowest BCUT2D eigenvalue weighted by molar-refractivity contribution is -0.129. The molecule has 0 bridgehead atoms. The Morgan fingerprint density at radius 1 is 1.18 bits per heavy atom. The van der Waals surface area contributed by atoms with Gasteiger partial charge in [0, 0.05) is 13.6 Å². The number of hydrogen-bond donors (Lipinski definition) is 1. The molecule has 1 amide bonds. The number of hydrogen-bond acceptors (Lipinski definition) is 3. The minimum atomic E-state index is -0.445. The van der Waals surface area contributed by atoms with E-state index in [1.807, 2.05) is 0 Å². The fourth-order valence-electron chi connectivity index (χ4n) is 2.09. The smallest absolute Gasteiger partial charge is 0.227 e. The fourth-order valence-corrected chi connectivity index (χ4v) is 2.09. The monoisotopic (exact) mass is 303 g/mol. The van der Waals surface area contributed by atoms with E-state index in [2.05, 4.69) is 0 Å². The number of carbonyl (C=O) groups excluding carboxylic acids is 1. The zero-order valence-corrected chi connectivity index (χ0v) is 12.5. The van der Waals surface area contributed by atoms with Crippen LogP contribution < -0.4 is 4.74 Å². The number of rotatable bonds is 5. The molecule has 0 aliphatic carbocycles. The third-order valence-electron chi connectivity index (χ3n) is 3.35. The van der Waals surface area contributed by atoms with Gasteiger partial charge in [-0.15, -0.1) is 0 Å². The van der Waals surface area contributed by atoms with Crippen LogP contribution in [0.4, 0.5) is 4.39 Å². The van der Waals surface area contributed by atoms with E-state index in [0.29, 0.717) is 12.1 Å². The average molecular weight is 303 g/mol. The van der Waals surface area contributed by atoms with Gasteiger partial charge in [0.2, 0.25) is 5.91 Å². The second-order valence-electron chi connectivity index (χ2n) is 5.06. The first-order valence-corrected chi connectivity index (χ1v) is 6.84. The zero-order valence-electron chi connectivity index (χ0n) is 12.5. The molecule has 0 saturated heterocycles. The predicted molar refractivity (Wildman–Crippen MR) is 81.2 cm³/mol. The number of likely N-dealkylation sites (N-methyl/N-ethyl adjacent to an activating group) is 1. The molecule has 0 radical (unpaired) electrons. The predicted octanol–water partition coefficient (Wildman–Crippen LogP) is 2.74. The highest BCUT2D eigenvalue weighted by atomic mass is 19.1. The van der Waals surface area contributed by atoms with Crippen LogP contribution in [0.25, 0.3) is 0 Å². The maximum atomic E-state index is 13.6. The molecule has 0 saturated carbocycles. The van der Waals surface area contributed by atoms with E-state index in [1.54, 1.807) is 43.4 Å². The summed E-state index contributed by atoms with van der Waals surface area (Å²) >= 11 is 0. The van der Waals surface area contributed by atoms with Gasteiger partial charge in [0.25, 0.3) is 0 Å². The van der Waals surface area contributed by atoms with Gasteiger partial charge in [-0.3, -0.25) is 4.79 Å². The summed E-state index contributed by atoms with van der Waals surface area (Å²) in [5, 5.41) is 9.22. The van der Waals surface area contributed by atoms with Crippen LogP contribution in [0.2, 0.25) is 0 Å². The quantitative estimate of drug-likeness (QED) is 0.924. The van der Waals surface area contributed by atoms with Crippen molar-refractivity contribution in [1.29, 1.82) is 0 Å². The summed E-state index contributed by atoms with van der Waals surface area (Å²) in [4.78, 5) is 13.7. The third-order valence-corrected chi connectivity index (χ3v) is 3.35. The maximum Gasteiger partial charge on any atom is 0.227 e. The van der Waals surface area contributed by atoms with Crippen LogP contribution in [-0.4, -0.2) is 30.1 Å². The molecule has 5 heteroatoms. The van der Waals surface area contributed by atoms with Gasteiger partial charge in [0.15, 0.2) is 11.6 Å². The van der Waals surface area contributed by atoms with Gasteiger partial charge in [-0.2, -0.15) is 0 Å². The van der Waals surface area contributed by atoms with Crippen molar-refractivity contribution in [1.82, 2.24) is 4.90 Å². The number of halogens is 1. The van der Waals surface area contributed by atoms with Crippen molar-refractivity contribution < 1.29 is 19.0 Å². The second kappa shape index (κ2) is 6.93. The summed E-state index contributed by atoms with van der Waals surface area (Å²) < 4.78 is 18.5. The Labute approximate surface area is 128 Å². The van der Waals surface area contributed by atoms with Crippen LogP contribution in [0.1, 0.15) is 11.1 Å². The minimum absolute atomic E-state index is 0.0816. The SMILES string of the molecule is COc1ccc(CN(C)C(=O)Cc2ccc(O)cc2)cc1F. The summed E-state index contributed by atoms with van der Waals surface area (Å²) in [6.07, 6.45) is 0.232. The summed E-state index contributed by atoms with van der Waals surface area (Å²) in [5.41, 5.74) is 1.51. The lowest BCUT2D eigenvalue weighted by Gasteiger charge is -2.18. The van der Waals surface area contributed by atoms with Crippen LogP contribution in [0.15, 0.2) is 42.5 Å². The molecule has 0 aliphatic heterocycles. The number of nitrogens with zero attached hydrogens (tertiary/aromatic N) is 1. The maximum absolute atomic E-state index is 13.6. The van der Waals surface area contributed by atoms with Crippen molar-refractivity contribution >= 4 is 5.91 Å². The van der Waals surface area contributed by atoms with Crippen LogP contribution in [-0.2, 0) is 17.8 Å². The second-order valence-corrected chi connectivity index (χ2v) is 5.06. The van der Waals surface area contributed by atoms with Crippen molar-refractivity contribution in [2.45, 2.75) is 13.0 Å². The molecule has 1 N–H and O–H groups in total. The minimum Gasteiger partial charge on any atom is -0.508 e. The van der Waals surface area contributed by atoms with Crippen molar-refractivity contribution in [3.05, 3.63) is 59.4 Å². The Hall–Kier alpha value is -2.56. The lowest BCUT2D eigenvalue weighted by atomic mass is 10.1. The standard InChI is InChI=1S/C17H18FNO3/c1-19(11-13-5-8-16(22-2)15(18)9-13)17(21)10-12-3-6-14(20)7-4-12/h3-9,20H,10-11H2,1-2H3. The Bertz CT molecular complexity index is 655. The Morgan fingerprint density at radius 2 is 1.82 bits per heavy atom. The van der Waals surface area contributed by atoms with E-state index >= 15 is 0 Å². The molecule has 116 valence electrons. The average Bonchev–Trinajstić information content (AvgIpc) is 2.49. The number of amides is 1. The van der Waals surface area contributed by atoms with Crippen LogP contribution in [0.3, 0.4) is 0 Å². The normalized spacial score (nSPS) is 10.3. The zero-order chi connectivity index (χ0) is 16.1. The number of aromatic hydroxyl groups is 1. The van der Waals surface area contributed by atoms with E-state index in [9.17, 15) is 14.3 Å². The number of carbonyl (C=O) groups is 1.